The number of carbonyl (C=O) groups is 2. The van der Waals surface area contributed by atoms with E-state index < -0.39 is 11.5 Å². The van der Waals surface area contributed by atoms with E-state index in [0.29, 0.717) is 30.1 Å². The molecule has 0 amide bonds. The molecule has 0 aliphatic heterocycles. The van der Waals surface area contributed by atoms with Gasteiger partial charge >= 0.3 is 5.97 Å². The van der Waals surface area contributed by atoms with Crippen molar-refractivity contribution in [2.75, 3.05) is 7.11 Å². The van der Waals surface area contributed by atoms with Crippen molar-refractivity contribution >= 4 is 11.8 Å². The second-order valence-electron chi connectivity index (χ2n) is 11.2. The van der Waals surface area contributed by atoms with Gasteiger partial charge in [0.25, 0.3) is 0 Å². The smallest absolute Gasteiger partial charge is 0.305 e. The fraction of sp³-hybridized carbons (Fsp3) is 0.920. The second-order valence-corrected chi connectivity index (χ2v) is 11.2. The largest absolute Gasteiger partial charge is 0.469 e. The molecule has 0 bridgehead atoms. The van der Waals surface area contributed by atoms with Crippen molar-refractivity contribution in [2.45, 2.75) is 91.1 Å². The Morgan fingerprint density at radius 2 is 1.93 bits per heavy atom. The molecule has 0 aromatic carbocycles. The normalized spacial score (nSPS) is 47.7. The maximum absolute atomic E-state index is 13.8. The highest BCUT2D eigenvalue weighted by Crippen LogP contribution is 2.67. The first-order valence-corrected chi connectivity index (χ1v) is 12.0. The molecule has 0 unspecified atom stereocenters. The molecule has 4 aliphatic rings. The van der Waals surface area contributed by atoms with Crippen LogP contribution in [0.2, 0.25) is 0 Å². The number of ether oxygens (including phenoxy) is 1. The van der Waals surface area contributed by atoms with Gasteiger partial charge in [0.1, 0.15) is 6.10 Å². The molecule has 1 N–H and O–H groups in total. The van der Waals surface area contributed by atoms with Crippen LogP contribution < -0.4 is 0 Å². The van der Waals surface area contributed by atoms with Crippen molar-refractivity contribution in [1.29, 1.82) is 0 Å². The minimum atomic E-state index is -0.805. The molecule has 0 aromatic rings. The van der Waals surface area contributed by atoms with Gasteiger partial charge in [-0.25, -0.2) is 0 Å². The molecule has 4 fully saturated rings. The number of rotatable bonds is 4. The Hall–Kier alpha value is -0.900. The number of methoxy groups -OCH3 is 1. The predicted molar refractivity (Wildman–Crippen MR) is 112 cm³/mol. The zero-order chi connectivity index (χ0) is 21.0. The molecule has 4 aliphatic carbocycles. The maximum Gasteiger partial charge on any atom is 0.305 e. The SMILES string of the molecule is COC(=O)CC[C@H](C)[C@@H]1CC[C@@H]2[C@@H]3CC[C@H]4CCCC[C@]4(C)[C@@H]3[C@H](O)C(=O)[C@]21C. The lowest BCUT2D eigenvalue weighted by molar-refractivity contribution is -0.184. The average molecular weight is 405 g/mol. The van der Waals surface area contributed by atoms with Gasteiger partial charge < -0.3 is 9.84 Å². The molecule has 4 rings (SSSR count). The molecule has 4 heteroatoms. The molecule has 29 heavy (non-hydrogen) atoms. The maximum atomic E-state index is 13.8. The van der Waals surface area contributed by atoms with Crippen LogP contribution in [0.25, 0.3) is 0 Å². The van der Waals surface area contributed by atoms with Crippen LogP contribution in [0.1, 0.15) is 85.0 Å². The number of esters is 1. The van der Waals surface area contributed by atoms with Crippen LogP contribution >= 0.6 is 0 Å². The van der Waals surface area contributed by atoms with Crippen molar-refractivity contribution in [3.8, 4) is 0 Å². The van der Waals surface area contributed by atoms with Crippen LogP contribution in [0.4, 0.5) is 0 Å². The van der Waals surface area contributed by atoms with Crippen LogP contribution in [0.15, 0.2) is 0 Å². The molecule has 0 heterocycles. The third kappa shape index (κ3) is 3.11. The fourth-order valence-corrected chi connectivity index (χ4v) is 8.72. The van der Waals surface area contributed by atoms with Crippen LogP contribution in [0, 0.1) is 46.3 Å². The summed E-state index contributed by atoms with van der Waals surface area (Å²) in [6.45, 7) is 6.73. The number of hydrogen-bond acceptors (Lipinski definition) is 4. The van der Waals surface area contributed by atoms with E-state index in [1.807, 2.05) is 0 Å². The Labute approximate surface area is 176 Å². The van der Waals surface area contributed by atoms with Gasteiger partial charge in [0, 0.05) is 17.8 Å². The average Bonchev–Trinajstić information content (AvgIpc) is 3.07. The summed E-state index contributed by atoms with van der Waals surface area (Å²) in [6, 6.07) is 0. The number of hydrogen-bond donors (Lipinski definition) is 1. The predicted octanol–water partition coefficient (Wildman–Crippen LogP) is 4.77. The van der Waals surface area contributed by atoms with Crippen LogP contribution in [0.5, 0.6) is 0 Å². The number of Topliss-reactive ketones (excluding diaryl/α,β-unsaturated/α-hetero) is 1. The van der Waals surface area contributed by atoms with Crippen molar-refractivity contribution in [3.63, 3.8) is 0 Å². The molecule has 0 aromatic heterocycles. The standard InChI is InChI=1S/C25H40O4/c1-15(8-13-20(26)29-4)18-11-12-19-17-10-9-16-7-5-6-14-24(16,2)21(17)22(27)23(28)25(18,19)3/h15-19,21-22,27H,5-14H2,1-4H3/t15-,16+,17-,18-,19+,21-,22-,24-,25-/m0/s1. The van der Waals surface area contributed by atoms with Crippen molar-refractivity contribution in [3.05, 3.63) is 0 Å². The van der Waals surface area contributed by atoms with E-state index >= 15 is 0 Å². The van der Waals surface area contributed by atoms with E-state index in [1.165, 1.54) is 45.6 Å². The monoisotopic (exact) mass is 404 g/mol. The van der Waals surface area contributed by atoms with Crippen LogP contribution in [-0.2, 0) is 14.3 Å². The van der Waals surface area contributed by atoms with Crippen molar-refractivity contribution in [1.82, 2.24) is 0 Å². The van der Waals surface area contributed by atoms with Crippen LogP contribution in [0.3, 0.4) is 0 Å². The summed E-state index contributed by atoms with van der Waals surface area (Å²) in [4.78, 5) is 25.4. The summed E-state index contributed by atoms with van der Waals surface area (Å²) >= 11 is 0. The molecular weight excluding hydrogens is 364 g/mol. The second kappa shape index (κ2) is 7.66. The van der Waals surface area contributed by atoms with Crippen molar-refractivity contribution < 1.29 is 19.4 Å². The van der Waals surface area contributed by atoms with E-state index in [4.69, 9.17) is 4.74 Å². The van der Waals surface area contributed by atoms with E-state index in [1.54, 1.807) is 0 Å². The summed E-state index contributed by atoms with van der Waals surface area (Å²) in [6.07, 6.45) is 9.97. The molecular formula is C25H40O4. The molecule has 0 saturated heterocycles. The third-order valence-corrected chi connectivity index (χ3v) is 10.2. The lowest BCUT2D eigenvalue weighted by Gasteiger charge is -2.61. The quantitative estimate of drug-likeness (QED) is 0.685. The van der Waals surface area contributed by atoms with Gasteiger partial charge in [-0.05, 0) is 80.0 Å². The third-order valence-electron chi connectivity index (χ3n) is 10.2. The Balaban J connectivity index is 1.60. The lowest BCUT2D eigenvalue weighted by atomic mass is 9.43. The number of aliphatic hydroxyl groups is 1. The Bertz CT molecular complexity index is 659. The highest BCUT2D eigenvalue weighted by atomic mass is 16.5. The Morgan fingerprint density at radius 3 is 2.66 bits per heavy atom. The highest BCUT2D eigenvalue weighted by Gasteiger charge is 2.66. The molecule has 4 saturated carbocycles. The minimum Gasteiger partial charge on any atom is -0.469 e. The van der Waals surface area contributed by atoms with Gasteiger partial charge in [0.2, 0.25) is 0 Å². The van der Waals surface area contributed by atoms with Gasteiger partial charge in [-0.3, -0.25) is 9.59 Å². The Morgan fingerprint density at radius 1 is 1.17 bits per heavy atom. The topological polar surface area (TPSA) is 63.6 Å². The molecule has 0 spiro atoms. The van der Waals surface area contributed by atoms with E-state index in [9.17, 15) is 14.7 Å². The van der Waals surface area contributed by atoms with Gasteiger partial charge in [0.15, 0.2) is 5.78 Å². The summed E-state index contributed by atoms with van der Waals surface area (Å²) in [5, 5.41) is 11.4. The van der Waals surface area contributed by atoms with Gasteiger partial charge in [0.05, 0.1) is 7.11 Å². The van der Waals surface area contributed by atoms with Crippen molar-refractivity contribution in [2.24, 2.45) is 46.3 Å². The Kier molecular flexibility index (Phi) is 5.63. The fourth-order valence-electron chi connectivity index (χ4n) is 8.72. The molecule has 9 atom stereocenters. The minimum absolute atomic E-state index is 0.114. The molecule has 164 valence electrons. The zero-order valence-corrected chi connectivity index (χ0v) is 18.8. The molecule has 0 radical (unpaired) electrons. The number of fused-ring (bicyclic) bond motifs is 5. The summed E-state index contributed by atoms with van der Waals surface area (Å²) in [7, 11) is 1.43. The first-order chi connectivity index (χ1) is 13.7. The van der Waals surface area contributed by atoms with E-state index in [0.717, 1.165) is 19.3 Å². The zero-order valence-electron chi connectivity index (χ0n) is 18.8. The summed E-state index contributed by atoms with van der Waals surface area (Å²) in [5.74, 6) is 2.20. The van der Waals surface area contributed by atoms with Gasteiger partial charge in [-0.15, -0.1) is 0 Å². The number of aliphatic hydroxyl groups excluding tert-OH is 1. The number of ketones is 1. The van der Waals surface area contributed by atoms with E-state index in [-0.39, 0.29) is 29.0 Å². The highest BCUT2D eigenvalue weighted by molar-refractivity contribution is 5.91. The number of carbonyl (C=O) groups excluding carboxylic acids is 2. The van der Waals surface area contributed by atoms with Crippen LogP contribution in [-0.4, -0.2) is 30.1 Å². The lowest BCUT2D eigenvalue weighted by Crippen LogP contribution is -2.63. The van der Waals surface area contributed by atoms with E-state index in [2.05, 4.69) is 20.8 Å². The van der Waals surface area contributed by atoms with Gasteiger partial charge in [-0.1, -0.05) is 33.6 Å². The first kappa shape index (κ1) is 21.3. The molecule has 4 nitrogen and oxygen atoms in total. The summed E-state index contributed by atoms with van der Waals surface area (Å²) in [5.41, 5.74) is -0.305. The summed E-state index contributed by atoms with van der Waals surface area (Å²) < 4.78 is 4.82. The first-order valence-electron chi connectivity index (χ1n) is 12.0. The van der Waals surface area contributed by atoms with Gasteiger partial charge in [-0.2, -0.15) is 0 Å².